The van der Waals surface area contributed by atoms with Gasteiger partial charge in [-0.2, -0.15) is 0 Å². The lowest BCUT2D eigenvalue weighted by molar-refractivity contribution is 0.143. The lowest BCUT2D eigenvalue weighted by Gasteiger charge is -2.01. The van der Waals surface area contributed by atoms with Crippen LogP contribution in [0.1, 0.15) is 43.5 Å². The molecule has 0 spiro atoms. The average molecular weight is 205 g/mol. The molecule has 14 heavy (non-hydrogen) atoms. The Morgan fingerprint density at radius 3 is 2.43 bits per heavy atom. The van der Waals surface area contributed by atoms with Crippen molar-refractivity contribution in [3.05, 3.63) is 17.3 Å². The van der Waals surface area contributed by atoms with Gasteiger partial charge in [-0.25, -0.2) is 13.8 Å². The van der Waals surface area contributed by atoms with Gasteiger partial charge < -0.3 is 9.15 Å². The lowest BCUT2D eigenvalue weighted by Crippen LogP contribution is -1.93. The first-order chi connectivity index (χ1) is 6.56. The van der Waals surface area contributed by atoms with Gasteiger partial charge in [-0.15, -0.1) is 0 Å². The quantitative estimate of drug-likeness (QED) is 0.758. The van der Waals surface area contributed by atoms with E-state index in [1.165, 1.54) is 7.11 Å². The van der Waals surface area contributed by atoms with Crippen molar-refractivity contribution in [3.63, 3.8) is 0 Å². The number of aromatic nitrogens is 1. The Morgan fingerprint density at radius 2 is 2.07 bits per heavy atom. The minimum absolute atomic E-state index is 0.0999. The Hall–Kier alpha value is -0.970. The molecular weight excluding hydrogens is 192 g/mol. The van der Waals surface area contributed by atoms with E-state index in [4.69, 9.17) is 9.15 Å². The van der Waals surface area contributed by atoms with Gasteiger partial charge in [0.15, 0.2) is 0 Å². The second-order valence-corrected chi connectivity index (χ2v) is 3.25. The fourth-order valence-electron chi connectivity index (χ4n) is 1.15. The van der Waals surface area contributed by atoms with Crippen molar-refractivity contribution < 1.29 is 17.9 Å². The maximum Gasteiger partial charge on any atom is 0.283 e. The van der Waals surface area contributed by atoms with E-state index in [0.29, 0.717) is 0 Å². The van der Waals surface area contributed by atoms with Gasteiger partial charge in [0.2, 0.25) is 5.89 Å². The topological polar surface area (TPSA) is 35.3 Å². The average Bonchev–Trinajstić information content (AvgIpc) is 2.49. The summed E-state index contributed by atoms with van der Waals surface area (Å²) in [5.74, 6) is 0.343. The summed E-state index contributed by atoms with van der Waals surface area (Å²) in [5.41, 5.74) is -0.271. The van der Waals surface area contributed by atoms with Gasteiger partial charge in [-0.05, 0) is 0 Å². The van der Waals surface area contributed by atoms with Crippen molar-refractivity contribution in [3.8, 4) is 0 Å². The molecule has 0 aliphatic rings. The minimum Gasteiger partial charge on any atom is -0.442 e. The molecule has 0 fully saturated rings. The van der Waals surface area contributed by atoms with Gasteiger partial charge in [0.05, 0.1) is 0 Å². The molecule has 0 aliphatic carbocycles. The first-order valence-corrected chi connectivity index (χ1v) is 4.32. The first kappa shape index (κ1) is 11.1. The number of halogens is 2. The maximum absolute atomic E-state index is 12.5. The Labute approximate surface area is 81.1 Å². The second-order valence-electron chi connectivity index (χ2n) is 3.25. The largest absolute Gasteiger partial charge is 0.442 e. The molecule has 0 radical (unpaired) electrons. The van der Waals surface area contributed by atoms with E-state index in [2.05, 4.69) is 4.98 Å². The standard InChI is InChI=1S/C9H13F2NO2/c1-5(2)8-7(9(10)11)12-6(14-8)4-13-3/h5,9H,4H2,1-3H3. The van der Waals surface area contributed by atoms with Crippen molar-refractivity contribution in [2.45, 2.75) is 32.8 Å². The van der Waals surface area contributed by atoms with E-state index >= 15 is 0 Å². The fourth-order valence-corrected chi connectivity index (χ4v) is 1.15. The molecule has 0 saturated carbocycles. The highest BCUT2D eigenvalue weighted by molar-refractivity contribution is 5.14. The zero-order valence-electron chi connectivity index (χ0n) is 8.38. The van der Waals surface area contributed by atoms with Crippen molar-refractivity contribution in [1.82, 2.24) is 4.98 Å². The third-order valence-corrected chi connectivity index (χ3v) is 1.72. The van der Waals surface area contributed by atoms with Crippen LogP contribution in [-0.4, -0.2) is 12.1 Å². The summed E-state index contributed by atoms with van der Waals surface area (Å²) in [7, 11) is 1.46. The normalized spacial score (nSPS) is 11.6. The van der Waals surface area contributed by atoms with Gasteiger partial charge in [0.1, 0.15) is 18.1 Å². The van der Waals surface area contributed by atoms with Gasteiger partial charge in [0.25, 0.3) is 6.43 Å². The summed E-state index contributed by atoms with van der Waals surface area (Å²) in [6.07, 6.45) is -2.60. The Bertz CT molecular complexity index is 272. The van der Waals surface area contributed by atoms with Crippen LogP contribution in [0.25, 0.3) is 0 Å². The summed E-state index contributed by atoms with van der Waals surface area (Å²) >= 11 is 0. The molecule has 1 aromatic rings. The monoisotopic (exact) mass is 205 g/mol. The van der Waals surface area contributed by atoms with E-state index in [9.17, 15) is 8.78 Å². The predicted octanol–water partition coefficient (Wildman–Crippen LogP) is 2.88. The third kappa shape index (κ3) is 2.29. The third-order valence-electron chi connectivity index (χ3n) is 1.72. The molecule has 80 valence electrons. The summed E-state index contributed by atoms with van der Waals surface area (Å²) in [6, 6.07) is 0. The van der Waals surface area contributed by atoms with Crippen LogP contribution in [0.3, 0.4) is 0 Å². The highest BCUT2D eigenvalue weighted by Crippen LogP contribution is 2.28. The van der Waals surface area contributed by atoms with Crippen LogP contribution in [0.15, 0.2) is 4.42 Å². The molecule has 0 bridgehead atoms. The predicted molar refractivity (Wildman–Crippen MR) is 46.3 cm³/mol. The smallest absolute Gasteiger partial charge is 0.283 e. The molecule has 0 aliphatic heterocycles. The number of rotatable bonds is 4. The van der Waals surface area contributed by atoms with E-state index in [1.807, 2.05) is 0 Å². The summed E-state index contributed by atoms with van der Waals surface area (Å²) in [4.78, 5) is 3.68. The highest BCUT2D eigenvalue weighted by atomic mass is 19.3. The van der Waals surface area contributed by atoms with Crippen LogP contribution in [0.5, 0.6) is 0 Å². The number of oxazole rings is 1. The molecule has 0 unspecified atom stereocenters. The molecule has 0 atom stereocenters. The highest BCUT2D eigenvalue weighted by Gasteiger charge is 2.22. The summed E-state index contributed by atoms with van der Waals surface area (Å²) in [6.45, 7) is 3.68. The van der Waals surface area contributed by atoms with Gasteiger partial charge >= 0.3 is 0 Å². The Kier molecular flexibility index (Phi) is 3.57. The van der Waals surface area contributed by atoms with Crippen LogP contribution >= 0.6 is 0 Å². The molecule has 5 heteroatoms. The van der Waals surface area contributed by atoms with Crippen molar-refractivity contribution in [2.75, 3.05) is 7.11 Å². The fraction of sp³-hybridized carbons (Fsp3) is 0.667. The minimum atomic E-state index is -2.60. The van der Waals surface area contributed by atoms with Crippen molar-refractivity contribution in [1.29, 1.82) is 0 Å². The van der Waals surface area contributed by atoms with Crippen LogP contribution in [0.4, 0.5) is 8.78 Å². The number of hydrogen-bond acceptors (Lipinski definition) is 3. The number of nitrogens with zero attached hydrogens (tertiary/aromatic N) is 1. The molecule has 1 aromatic heterocycles. The molecule has 1 heterocycles. The van der Waals surface area contributed by atoms with Crippen molar-refractivity contribution in [2.24, 2.45) is 0 Å². The van der Waals surface area contributed by atoms with E-state index in [0.717, 1.165) is 0 Å². The van der Waals surface area contributed by atoms with Gasteiger partial charge in [0, 0.05) is 13.0 Å². The zero-order valence-corrected chi connectivity index (χ0v) is 8.38. The van der Waals surface area contributed by atoms with Crippen LogP contribution in [0.2, 0.25) is 0 Å². The molecular formula is C9H13F2NO2. The zero-order chi connectivity index (χ0) is 10.7. The van der Waals surface area contributed by atoms with Crippen LogP contribution in [0, 0.1) is 0 Å². The van der Waals surface area contributed by atoms with Crippen molar-refractivity contribution >= 4 is 0 Å². The van der Waals surface area contributed by atoms with Crippen LogP contribution in [-0.2, 0) is 11.3 Å². The number of methoxy groups -OCH3 is 1. The van der Waals surface area contributed by atoms with Gasteiger partial charge in [-0.3, -0.25) is 0 Å². The Balaban J connectivity index is 3.00. The first-order valence-electron chi connectivity index (χ1n) is 4.32. The molecule has 3 nitrogen and oxygen atoms in total. The molecule has 0 amide bonds. The summed E-state index contributed by atoms with van der Waals surface area (Å²) in [5, 5.41) is 0. The maximum atomic E-state index is 12.5. The number of alkyl halides is 2. The molecule has 0 N–H and O–H groups in total. The van der Waals surface area contributed by atoms with E-state index in [1.54, 1.807) is 13.8 Å². The molecule has 1 rings (SSSR count). The van der Waals surface area contributed by atoms with E-state index < -0.39 is 6.43 Å². The van der Waals surface area contributed by atoms with Gasteiger partial charge in [-0.1, -0.05) is 13.8 Å². The second kappa shape index (κ2) is 4.50. The molecule has 0 aromatic carbocycles. The lowest BCUT2D eigenvalue weighted by atomic mass is 10.1. The van der Waals surface area contributed by atoms with E-state index in [-0.39, 0.29) is 29.9 Å². The SMILES string of the molecule is COCc1nc(C(F)F)c(C(C)C)o1. The molecule has 0 saturated heterocycles. The van der Waals surface area contributed by atoms with Crippen LogP contribution < -0.4 is 0 Å². The number of hydrogen-bond donors (Lipinski definition) is 0. The summed E-state index contributed by atoms with van der Waals surface area (Å²) < 4.78 is 34.9. The Morgan fingerprint density at radius 1 is 1.43 bits per heavy atom. The number of ether oxygens (including phenoxy) is 1.